The van der Waals surface area contributed by atoms with Gasteiger partial charge in [0.05, 0.1) is 36.9 Å². The first kappa shape index (κ1) is 24.8. The SMILES string of the molecule is C=CC(=O)Nc1cc(Nc2ncc(Cl)c(NCc3cccs3)n2)c(OC)cc1N1CCN(C)CC1. The molecule has 184 valence electrons. The third-order valence-electron chi connectivity index (χ3n) is 5.61. The van der Waals surface area contributed by atoms with E-state index in [4.69, 9.17) is 16.3 Å². The number of carbonyl (C=O) groups excluding carboxylic acids is 1. The van der Waals surface area contributed by atoms with E-state index in [0.29, 0.717) is 40.5 Å². The maximum absolute atomic E-state index is 12.2. The Morgan fingerprint density at radius 2 is 2.09 bits per heavy atom. The van der Waals surface area contributed by atoms with Crippen molar-refractivity contribution in [1.29, 1.82) is 0 Å². The topological polar surface area (TPSA) is 94.6 Å². The first-order valence-corrected chi connectivity index (χ1v) is 12.4. The van der Waals surface area contributed by atoms with Crippen molar-refractivity contribution in [3.63, 3.8) is 0 Å². The number of halogens is 1. The van der Waals surface area contributed by atoms with Crippen LogP contribution in [0.1, 0.15) is 4.88 Å². The largest absolute Gasteiger partial charge is 0.494 e. The summed E-state index contributed by atoms with van der Waals surface area (Å²) >= 11 is 7.96. The Hall–Kier alpha value is -3.34. The van der Waals surface area contributed by atoms with E-state index < -0.39 is 0 Å². The molecule has 0 saturated carbocycles. The van der Waals surface area contributed by atoms with E-state index in [-0.39, 0.29) is 5.91 Å². The number of likely N-dealkylation sites (N-methyl/N-ethyl adjacent to an activating group) is 1. The zero-order valence-electron chi connectivity index (χ0n) is 19.7. The lowest BCUT2D eigenvalue weighted by atomic mass is 10.1. The van der Waals surface area contributed by atoms with Crippen LogP contribution < -0.4 is 25.6 Å². The summed E-state index contributed by atoms with van der Waals surface area (Å²) in [6, 6.07) is 7.78. The molecule has 2 aromatic heterocycles. The summed E-state index contributed by atoms with van der Waals surface area (Å²) in [5.41, 5.74) is 2.13. The second-order valence-electron chi connectivity index (χ2n) is 8.00. The van der Waals surface area contributed by atoms with Crippen molar-refractivity contribution < 1.29 is 9.53 Å². The lowest BCUT2D eigenvalue weighted by molar-refractivity contribution is -0.111. The molecular formula is C24H28ClN7O2S. The molecule has 0 unspecified atom stereocenters. The fraction of sp³-hybridized carbons (Fsp3) is 0.292. The number of nitrogens with one attached hydrogen (secondary N) is 3. The number of carbonyl (C=O) groups is 1. The van der Waals surface area contributed by atoms with Gasteiger partial charge < -0.3 is 30.5 Å². The maximum Gasteiger partial charge on any atom is 0.247 e. The smallest absolute Gasteiger partial charge is 0.247 e. The molecule has 11 heteroatoms. The summed E-state index contributed by atoms with van der Waals surface area (Å²) < 4.78 is 5.68. The van der Waals surface area contributed by atoms with Crippen molar-refractivity contribution in [2.24, 2.45) is 0 Å². The van der Waals surface area contributed by atoms with Crippen molar-refractivity contribution in [1.82, 2.24) is 14.9 Å². The van der Waals surface area contributed by atoms with Gasteiger partial charge in [-0.25, -0.2) is 4.98 Å². The van der Waals surface area contributed by atoms with Gasteiger partial charge in [0.2, 0.25) is 11.9 Å². The van der Waals surface area contributed by atoms with Crippen LogP contribution in [0.25, 0.3) is 0 Å². The molecule has 1 aromatic carbocycles. The number of ether oxygens (including phenoxy) is 1. The molecule has 0 aliphatic carbocycles. The summed E-state index contributed by atoms with van der Waals surface area (Å²) in [5.74, 6) is 1.17. The lowest BCUT2D eigenvalue weighted by Crippen LogP contribution is -2.44. The minimum absolute atomic E-state index is 0.292. The molecule has 0 radical (unpaired) electrons. The number of rotatable bonds is 9. The summed E-state index contributed by atoms with van der Waals surface area (Å²) in [6.45, 7) is 7.71. The van der Waals surface area contributed by atoms with Gasteiger partial charge in [-0.1, -0.05) is 24.2 Å². The van der Waals surface area contributed by atoms with Crippen LogP contribution in [-0.2, 0) is 11.3 Å². The van der Waals surface area contributed by atoms with Crippen molar-refractivity contribution in [3.8, 4) is 5.75 Å². The first-order chi connectivity index (χ1) is 17.0. The number of nitrogens with zero attached hydrogens (tertiary/aromatic N) is 4. The van der Waals surface area contributed by atoms with Crippen LogP contribution in [0.5, 0.6) is 5.75 Å². The highest BCUT2D eigenvalue weighted by atomic mass is 35.5. The minimum Gasteiger partial charge on any atom is -0.494 e. The van der Waals surface area contributed by atoms with E-state index in [0.717, 1.165) is 36.7 Å². The number of anilines is 5. The molecule has 1 aliphatic rings. The van der Waals surface area contributed by atoms with E-state index >= 15 is 0 Å². The van der Waals surface area contributed by atoms with Gasteiger partial charge in [0.15, 0.2) is 5.82 Å². The molecule has 9 nitrogen and oxygen atoms in total. The molecule has 3 aromatic rings. The number of aromatic nitrogens is 2. The number of methoxy groups -OCH3 is 1. The highest BCUT2D eigenvalue weighted by molar-refractivity contribution is 7.09. The predicted octanol–water partition coefficient (Wildman–Crippen LogP) is 4.43. The normalized spacial score (nSPS) is 13.9. The van der Waals surface area contributed by atoms with Crippen molar-refractivity contribution in [2.75, 3.05) is 61.2 Å². The fourth-order valence-electron chi connectivity index (χ4n) is 3.68. The summed E-state index contributed by atoms with van der Waals surface area (Å²) in [5, 5.41) is 11.8. The van der Waals surface area contributed by atoms with Crippen LogP contribution in [0.3, 0.4) is 0 Å². The lowest BCUT2D eigenvalue weighted by Gasteiger charge is -2.35. The zero-order chi connectivity index (χ0) is 24.8. The van der Waals surface area contributed by atoms with Gasteiger partial charge >= 0.3 is 0 Å². The van der Waals surface area contributed by atoms with Crippen LogP contribution in [0.4, 0.5) is 28.8 Å². The van der Waals surface area contributed by atoms with Crippen LogP contribution in [-0.4, -0.2) is 61.1 Å². The minimum atomic E-state index is -0.292. The number of hydrogen-bond donors (Lipinski definition) is 3. The standard InChI is InChI=1S/C24H28ClN7O2S/c1-4-22(33)28-18-12-19(21(34-3)13-20(18)32-9-7-31(2)8-10-32)29-24-27-15-17(25)23(30-24)26-14-16-6-5-11-35-16/h4-6,11-13,15H,1,7-10,14H2,2-3H3,(H,28,33)(H2,26,27,29,30). The van der Waals surface area contributed by atoms with E-state index in [9.17, 15) is 4.79 Å². The van der Waals surface area contributed by atoms with Crippen molar-refractivity contribution in [3.05, 3.63) is 58.4 Å². The van der Waals surface area contributed by atoms with E-state index in [1.165, 1.54) is 6.08 Å². The monoisotopic (exact) mass is 513 g/mol. The van der Waals surface area contributed by atoms with E-state index in [1.807, 2.05) is 29.6 Å². The number of benzene rings is 1. The van der Waals surface area contributed by atoms with Crippen LogP contribution in [0.2, 0.25) is 5.02 Å². The van der Waals surface area contributed by atoms with Crippen LogP contribution >= 0.6 is 22.9 Å². The van der Waals surface area contributed by atoms with Crippen molar-refractivity contribution in [2.45, 2.75) is 6.54 Å². The van der Waals surface area contributed by atoms with Gasteiger partial charge in [0.25, 0.3) is 0 Å². The quantitative estimate of drug-likeness (QED) is 0.362. The second-order valence-corrected chi connectivity index (χ2v) is 9.44. The molecule has 1 aliphatic heterocycles. The Labute approximate surface area is 213 Å². The second kappa shape index (κ2) is 11.4. The molecule has 3 N–H and O–H groups in total. The first-order valence-electron chi connectivity index (χ1n) is 11.1. The van der Waals surface area contributed by atoms with E-state index in [1.54, 1.807) is 24.6 Å². The number of thiophene rings is 1. The molecule has 1 amide bonds. The molecule has 4 rings (SSSR count). The number of piperazine rings is 1. The molecule has 3 heterocycles. The summed E-state index contributed by atoms with van der Waals surface area (Å²) in [7, 11) is 3.70. The zero-order valence-corrected chi connectivity index (χ0v) is 21.2. The third-order valence-corrected chi connectivity index (χ3v) is 6.76. The Bertz CT molecular complexity index is 1180. The van der Waals surface area contributed by atoms with Gasteiger partial charge in [-0.2, -0.15) is 4.98 Å². The Balaban J connectivity index is 1.62. The average molecular weight is 514 g/mol. The van der Waals surface area contributed by atoms with E-state index in [2.05, 4.69) is 49.3 Å². The van der Waals surface area contributed by atoms with Gasteiger partial charge in [-0.3, -0.25) is 4.79 Å². The van der Waals surface area contributed by atoms with Gasteiger partial charge in [0, 0.05) is 37.1 Å². The maximum atomic E-state index is 12.2. The molecule has 0 spiro atoms. The summed E-state index contributed by atoms with van der Waals surface area (Å²) in [6.07, 6.45) is 2.79. The Kier molecular flexibility index (Phi) is 8.06. The fourth-order valence-corrected chi connectivity index (χ4v) is 4.49. The molecule has 0 bridgehead atoms. The van der Waals surface area contributed by atoms with Crippen LogP contribution in [0.15, 0.2) is 48.5 Å². The average Bonchev–Trinajstić information content (AvgIpc) is 3.39. The predicted molar refractivity (Wildman–Crippen MR) is 144 cm³/mol. The molecule has 35 heavy (non-hydrogen) atoms. The van der Waals surface area contributed by atoms with Crippen LogP contribution in [0, 0.1) is 0 Å². The number of hydrogen-bond acceptors (Lipinski definition) is 9. The van der Waals surface area contributed by atoms with Gasteiger partial charge in [0.1, 0.15) is 10.8 Å². The molecule has 1 fully saturated rings. The Morgan fingerprint density at radius 1 is 1.29 bits per heavy atom. The molecular weight excluding hydrogens is 486 g/mol. The van der Waals surface area contributed by atoms with Gasteiger partial charge in [-0.05, 0) is 30.6 Å². The highest BCUT2D eigenvalue weighted by Crippen LogP contribution is 2.39. The van der Waals surface area contributed by atoms with Crippen molar-refractivity contribution >= 4 is 57.7 Å². The third kappa shape index (κ3) is 6.21. The highest BCUT2D eigenvalue weighted by Gasteiger charge is 2.21. The molecule has 0 atom stereocenters. The number of amides is 1. The van der Waals surface area contributed by atoms with Gasteiger partial charge in [-0.15, -0.1) is 11.3 Å². The summed E-state index contributed by atoms with van der Waals surface area (Å²) in [4.78, 5) is 26.7. The molecule has 1 saturated heterocycles. The Morgan fingerprint density at radius 3 is 2.77 bits per heavy atom.